The first-order chi connectivity index (χ1) is 6.47. The lowest BCUT2D eigenvalue weighted by atomic mass is 10.3. The van der Waals surface area contributed by atoms with Crippen LogP contribution < -0.4 is 0 Å². The molecule has 14 heavy (non-hydrogen) atoms. The summed E-state index contributed by atoms with van der Waals surface area (Å²) in [5.41, 5.74) is 0.178. The van der Waals surface area contributed by atoms with Gasteiger partial charge in [-0.2, -0.15) is 0 Å². The molecule has 0 saturated heterocycles. The van der Waals surface area contributed by atoms with E-state index in [1.165, 1.54) is 6.92 Å². The van der Waals surface area contributed by atoms with E-state index in [0.717, 1.165) is 0 Å². The summed E-state index contributed by atoms with van der Waals surface area (Å²) in [6.07, 6.45) is -0.953. The van der Waals surface area contributed by atoms with Crippen molar-refractivity contribution in [3.05, 3.63) is 12.2 Å². The van der Waals surface area contributed by atoms with Crippen molar-refractivity contribution in [1.29, 1.82) is 0 Å². The van der Waals surface area contributed by atoms with E-state index in [2.05, 4.69) is 15.8 Å². The number of aliphatic hydroxyl groups excluding tert-OH is 1. The lowest BCUT2D eigenvalue weighted by Gasteiger charge is -2.11. The van der Waals surface area contributed by atoms with Crippen molar-refractivity contribution in [3.63, 3.8) is 0 Å². The Labute approximate surface area is 82.1 Å². The lowest BCUT2D eigenvalue weighted by molar-refractivity contribution is -0.147. The molecule has 6 nitrogen and oxygen atoms in total. The summed E-state index contributed by atoms with van der Waals surface area (Å²) >= 11 is 0. The number of hydrogen-bond acceptors (Lipinski definition) is 5. The molecular weight excluding hydrogens is 211 g/mol. The average Bonchev–Trinajstić information content (AvgIpc) is 2.11. The van der Waals surface area contributed by atoms with Crippen LogP contribution in [0.1, 0.15) is 6.92 Å². The van der Waals surface area contributed by atoms with Gasteiger partial charge in [0, 0.05) is 10.1 Å². The molecule has 80 valence electrons. The number of ether oxygens (including phenoxy) is 1. The Morgan fingerprint density at radius 1 is 1.64 bits per heavy atom. The molecular formula is C7H12O6P+. The van der Waals surface area contributed by atoms with Crippen LogP contribution in [0.15, 0.2) is 12.2 Å². The summed E-state index contributed by atoms with van der Waals surface area (Å²) in [4.78, 5) is 19.2. The van der Waals surface area contributed by atoms with Gasteiger partial charge in [0.2, 0.25) is 0 Å². The van der Waals surface area contributed by atoms with Gasteiger partial charge in [0.05, 0.1) is 6.61 Å². The summed E-state index contributed by atoms with van der Waals surface area (Å²) in [5, 5.41) is 8.71. The van der Waals surface area contributed by atoms with E-state index in [1.807, 2.05) is 0 Å². The van der Waals surface area contributed by atoms with Crippen LogP contribution in [0.25, 0.3) is 0 Å². The molecule has 0 radical (unpaired) electrons. The Bertz CT molecular complexity index is 238. The van der Waals surface area contributed by atoms with E-state index in [9.17, 15) is 9.36 Å². The molecule has 7 heteroatoms. The fourth-order valence-electron chi connectivity index (χ4n) is 0.523. The van der Waals surface area contributed by atoms with Crippen LogP contribution in [-0.4, -0.2) is 35.3 Å². The predicted octanol–water partition coefficient (Wildman–Crippen LogP) is 0.133. The number of carbonyl (C=O) groups is 1. The third kappa shape index (κ3) is 5.77. The van der Waals surface area contributed by atoms with Crippen LogP contribution in [0.4, 0.5) is 0 Å². The molecule has 0 bridgehead atoms. The molecule has 0 saturated carbocycles. The molecule has 0 aromatic heterocycles. The monoisotopic (exact) mass is 223 g/mol. The SMILES string of the molecule is C=C(C)C(=O)OC(CO)CO[P+](=O)O. The first-order valence-corrected chi connectivity index (χ1v) is 4.86. The van der Waals surface area contributed by atoms with E-state index < -0.39 is 26.9 Å². The van der Waals surface area contributed by atoms with E-state index in [1.54, 1.807) is 0 Å². The minimum absolute atomic E-state index is 0.178. The largest absolute Gasteiger partial charge is 0.694 e. The number of carbonyl (C=O) groups excluding carboxylic acids is 1. The Balaban J connectivity index is 3.96. The number of rotatable bonds is 6. The Morgan fingerprint density at radius 3 is 2.57 bits per heavy atom. The summed E-state index contributed by atoms with van der Waals surface area (Å²) < 4.78 is 19.1. The minimum Gasteiger partial charge on any atom is -0.454 e. The fraction of sp³-hybridized carbons (Fsp3) is 0.571. The second-order valence-corrected chi connectivity index (χ2v) is 3.26. The third-order valence-corrected chi connectivity index (χ3v) is 1.57. The molecule has 0 heterocycles. The van der Waals surface area contributed by atoms with Gasteiger partial charge in [-0.05, 0) is 6.92 Å². The summed E-state index contributed by atoms with van der Waals surface area (Å²) in [6.45, 7) is 3.97. The van der Waals surface area contributed by atoms with Gasteiger partial charge in [-0.3, -0.25) is 0 Å². The maximum absolute atomic E-state index is 10.9. The molecule has 2 N–H and O–H groups in total. The Kier molecular flexibility index (Phi) is 6.23. The van der Waals surface area contributed by atoms with Crippen LogP contribution in [0, 0.1) is 0 Å². The van der Waals surface area contributed by atoms with Gasteiger partial charge >= 0.3 is 14.2 Å². The fourth-order valence-corrected chi connectivity index (χ4v) is 0.817. The Morgan fingerprint density at radius 2 is 2.21 bits per heavy atom. The van der Waals surface area contributed by atoms with Crippen molar-refractivity contribution >= 4 is 14.2 Å². The first-order valence-electron chi connectivity index (χ1n) is 3.73. The van der Waals surface area contributed by atoms with Crippen molar-refractivity contribution in [2.75, 3.05) is 13.2 Å². The van der Waals surface area contributed by atoms with Crippen LogP contribution >= 0.6 is 8.25 Å². The number of hydrogen-bond donors (Lipinski definition) is 2. The number of aliphatic hydroxyl groups is 1. The molecule has 0 aliphatic carbocycles. The summed E-state index contributed by atoms with van der Waals surface area (Å²) in [6, 6.07) is 0. The van der Waals surface area contributed by atoms with Crippen molar-refractivity contribution in [2.45, 2.75) is 13.0 Å². The van der Waals surface area contributed by atoms with Gasteiger partial charge in [0.15, 0.2) is 6.10 Å². The Hall–Kier alpha value is -0.810. The highest BCUT2D eigenvalue weighted by molar-refractivity contribution is 7.32. The van der Waals surface area contributed by atoms with Crippen molar-refractivity contribution < 1.29 is 28.6 Å². The topological polar surface area (TPSA) is 93.1 Å². The summed E-state index contributed by atoms with van der Waals surface area (Å²) in [5.74, 6) is -0.680. The van der Waals surface area contributed by atoms with Gasteiger partial charge in [-0.25, -0.2) is 4.79 Å². The maximum Gasteiger partial charge on any atom is 0.694 e. The zero-order valence-electron chi connectivity index (χ0n) is 7.67. The molecule has 0 fully saturated rings. The molecule has 0 rings (SSSR count). The molecule has 2 unspecified atom stereocenters. The second kappa shape index (κ2) is 6.62. The maximum atomic E-state index is 10.9. The molecule has 0 aromatic carbocycles. The minimum atomic E-state index is -2.75. The van der Waals surface area contributed by atoms with Gasteiger partial charge < -0.3 is 9.84 Å². The zero-order chi connectivity index (χ0) is 11.1. The third-order valence-electron chi connectivity index (χ3n) is 1.20. The molecule has 0 amide bonds. The highest BCUT2D eigenvalue weighted by atomic mass is 31.1. The zero-order valence-corrected chi connectivity index (χ0v) is 8.57. The molecule has 0 aliphatic heterocycles. The van der Waals surface area contributed by atoms with Gasteiger partial charge in [0.1, 0.15) is 6.61 Å². The standard InChI is InChI=1S/C7H11O6P/c1-5(2)7(9)13-6(3-8)4-12-14(10)11/h6,8H,1,3-4H2,2H3/p+1. The highest BCUT2D eigenvalue weighted by Gasteiger charge is 2.20. The lowest BCUT2D eigenvalue weighted by Crippen LogP contribution is -2.26. The van der Waals surface area contributed by atoms with Crippen molar-refractivity contribution in [3.8, 4) is 0 Å². The van der Waals surface area contributed by atoms with Gasteiger partial charge in [-0.15, -0.1) is 9.42 Å². The van der Waals surface area contributed by atoms with Crippen molar-refractivity contribution in [1.82, 2.24) is 0 Å². The van der Waals surface area contributed by atoms with Crippen LogP contribution in [0.5, 0.6) is 0 Å². The highest BCUT2D eigenvalue weighted by Crippen LogP contribution is 2.15. The van der Waals surface area contributed by atoms with E-state index in [4.69, 9.17) is 10.00 Å². The first kappa shape index (κ1) is 13.2. The van der Waals surface area contributed by atoms with E-state index in [0.29, 0.717) is 0 Å². The predicted molar refractivity (Wildman–Crippen MR) is 47.6 cm³/mol. The molecule has 0 aromatic rings. The van der Waals surface area contributed by atoms with Crippen LogP contribution in [0.3, 0.4) is 0 Å². The smallest absolute Gasteiger partial charge is 0.454 e. The van der Waals surface area contributed by atoms with Crippen LogP contribution in [-0.2, 0) is 18.6 Å². The van der Waals surface area contributed by atoms with Crippen LogP contribution in [0.2, 0.25) is 0 Å². The van der Waals surface area contributed by atoms with E-state index >= 15 is 0 Å². The number of esters is 1. The molecule has 0 spiro atoms. The molecule has 0 aliphatic rings. The van der Waals surface area contributed by atoms with Gasteiger partial charge in [0.25, 0.3) is 0 Å². The van der Waals surface area contributed by atoms with E-state index in [-0.39, 0.29) is 12.2 Å². The average molecular weight is 223 g/mol. The van der Waals surface area contributed by atoms with Gasteiger partial charge in [-0.1, -0.05) is 6.58 Å². The van der Waals surface area contributed by atoms with Crippen molar-refractivity contribution in [2.24, 2.45) is 0 Å². The normalized spacial score (nSPS) is 13.2. The second-order valence-electron chi connectivity index (χ2n) is 2.52. The summed E-state index contributed by atoms with van der Waals surface area (Å²) in [7, 11) is -2.75. The molecule has 2 atom stereocenters. The quantitative estimate of drug-likeness (QED) is 0.377.